The lowest BCUT2D eigenvalue weighted by Gasteiger charge is -2.07. The number of nitrogens with zero attached hydrogens (tertiary/aromatic N) is 1. The van der Waals surface area contributed by atoms with Gasteiger partial charge in [-0.05, 0) is 30.3 Å². The van der Waals surface area contributed by atoms with Crippen molar-refractivity contribution < 1.29 is 14.0 Å². The van der Waals surface area contributed by atoms with Gasteiger partial charge in [0.2, 0.25) is 0 Å². The summed E-state index contributed by atoms with van der Waals surface area (Å²) in [6.07, 6.45) is 1.21. The highest BCUT2D eigenvalue weighted by Crippen LogP contribution is 2.17. The van der Waals surface area contributed by atoms with Crippen LogP contribution in [0.4, 0.5) is 15.8 Å². The van der Waals surface area contributed by atoms with Gasteiger partial charge in [-0.2, -0.15) is 0 Å². The Morgan fingerprint density at radius 2 is 1.84 bits per heavy atom. The van der Waals surface area contributed by atoms with Gasteiger partial charge in [0.25, 0.3) is 11.8 Å². The molecule has 0 bridgehead atoms. The number of hydrogen-bond acceptors (Lipinski definition) is 3. The van der Waals surface area contributed by atoms with E-state index in [9.17, 15) is 14.0 Å². The number of imidazole rings is 1. The summed E-state index contributed by atoms with van der Waals surface area (Å²) in [6.45, 7) is 0. The third-order valence-electron chi connectivity index (χ3n) is 3.29. The van der Waals surface area contributed by atoms with E-state index >= 15 is 0 Å². The van der Waals surface area contributed by atoms with E-state index in [0.717, 1.165) is 0 Å². The Labute approximate surface area is 147 Å². The van der Waals surface area contributed by atoms with Crippen molar-refractivity contribution in [3.63, 3.8) is 0 Å². The molecule has 0 unspecified atom stereocenters. The van der Waals surface area contributed by atoms with Crippen molar-refractivity contribution in [3.05, 3.63) is 77.1 Å². The fourth-order valence-corrected chi connectivity index (χ4v) is 2.33. The van der Waals surface area contributed by atoms with Crippen molar-refractivity contribution in [2.45, 2.75) is 0 Å². The van der Waals surface area contributed by atoms with Gasteiger partial charge in [-0.3, -0.25) is 9.59 Å². The van der Waals surface area contributed by atoms with E-state index in [4.69, 9.17) is 11.6 Å². The second kappa shape index (κ2) is 7.14. The van der Waals surface area contributed by atoms with Crippen molar-refractivity contribution >= 4 is 34.8 Å². The first-order chi connectivity index (χ1) is 12.0. The smallest absolute Gasteiger partial charge is 0.276 e. The van der Waals surface area contributed by atoms with Crippen LogP contribution in [-0.4, -0.2) is 21.8 Å². The van der Waals surface area contributed by atoms with E-state index in [1.54, 1.807) is 30.3 Å². The van der Waals surface area contributed by atoms with E-state index < -0.39 is 17.6 Å². The van der Waals surface area contributed by atoms with Gasteiger partial charge in [-0.15, -0.1) is 0 Å². The minimum Gasteiger partial charge on any atom is -0.340 e. The fraction of sp³-hybridized carbons (Fsp3) is 0. The summed E-state index contributed by atoms with van der Waals surface area (Å²) in [5, 5.41) is 5.45. The number of carbonyl (C=O) groups is 2. The molecule has 3 rings (SSSR count). The van der Waals surface area contributed by atoms with Crippen LogP contribution in [0, 0.1) is 5.82 Å². The van der Waals surface area contributed by atoms with Gasteiger partial charge in [-0.1, -0.05) is 29.8 Å². The first kappa shape index (κ1) is 16.7. The molecule has 126 valence electrons. The number of nitrogens with one attached hydrogen (secondary N) is 3. The standard InChI is InChI=1S/C17H12ClFN4O2/c18-10-4-3-5-11(8-10)22-16(24)14-15(21-9-20-14)17(25)23-13-7-2-1-6-12(13)19/h1-9H,(H,20,21)(H,22,24)(H,23,25). The third-order valence-corrected chi connectivity index (χ3v) is 3.52. The topological polar surface area (TPSA) is 86.9 Å². The molecular weight excluding hydrogens is 347 g/mol. The number of para-hydroxylation sites is 1. The molecule has 0 saturated heterocycles. The summed E-state index contributed by atoms with van der Waals surface area (Å²) in [5.41, 5.74) is 0.265. The van der Waals surface area contributed by atoms with E-state index in [-0.39, 0.29) is 17.1 Å². The Morgan fingerprint density at radius 1 is 1.04 bits per heavy atom. The van der Waals surface area contributed by atoms with Crippen LogP contribution in [0.15, 0.2) is 54.9 Å². The number of H-pyrrole nitrogens is 1. The molecule has 0 aliphatic heterocycles. The highest BCUT2D eigenvalue weighted by molar-refractivity contribution is 6.31. The maximum atomic E-state index is 13.6. The van der Waals surface area contributed by atoms with Crippen molar-refractivity contribution in [3.8, 4) is 0 Å². The molecule has 25 heavy (non-hydrogen) atoms. The van der Waals surface area contributed by atoms with Gasteiger partial charge >= 0.3 is 0 Å². The molecule has 3 aromatic rings. The Bertz CT molecular complexity index is 942. The molecule has 0 aliphatic rings. The molecule has 0 radical (unpaired) electrons. The van der Waals surface area contributed by atoms with Crippen molar-refractivity contribution in [1.29, 1.82) is 0 Å². The summed E-state index contributed by atoms with van der Waals surface area (Å²) in [5.74, 6) is -1.86. The molecule has 6 nitrogen and oxygen atoms in total. The van der Waals surface area contributed by atoms with E-state index in [1.807, 2.05) is 0 Å². The van der Waals surface area contributed by atoms with Crippen molar-refractivity contribution in [2.75, 3.05) is 10.6 Å². The number of aromatic nitrogens is 2. The molecule has 3 N–H and O–H groups in total. The maximum absolute atomic E-state index is 13.6. The van der Waals surface area contributed by atoms with Crippen LogP contribution in [0.2, 0.25) is 5.02 Å². The lowest BCUT2D eigenvalue weighted by atomic mass is 10.2. The SMILES string of the molecule is O=C(Nc1cccc(Cl)c1)c1nc[nH]c1C(=O)Nc1ccccc1F. The molecule has 0 spiro atoms. The maximum Gasteiger partial charge on any atom is 0.276 e. The van der Waals surface area contributed by atoms with Gasteiger partial charge < -0.3 is 15.6 Å². The minimum absolute atomic E-state index is 0.00305. The van der Waals surface area contributed by atoms with Crippen molar-refractivity contribution in [2.24, 2.45) is 0 Å². The zero-order valence-corrected chi connectivity index (χ0v) is 13.5. The van der Waals surface area contributed by atoms with E-state index in [2.05, 4.69) is 20.6 Å². The molecule has 1 aromatic heterocycles. The summed E-state index contributed by atoms with van der Waals surface area (Å²) in [7, 11) is 0. The van der Waals surface area contributed by atoms with Crippen LogP contribution < -0.4 is 10.6 Å². The van der Waals surface area contributed by atoms with Crippen LogP contribution in [0.1, 0.15) is 21.0 Å². The summed E-state index contributed by atoms with van der Waals surface area (Å²) in [4.78, 5) is 31.1. The number of anilines is 2. The highest BCUT2D eigenvalue weighted by Gasteiger charge is 2.21. The number of hydrogen-bond donors (Lipinski definition) is 3. The molecule has 0 atom stereocenters. The van der Waals surface area contributed by atoms with E-state index in [1.165, 1.54) is 24.5 Å². The lowest BCUT2D eigenvalue weighted by molar-refractivity contribution is 0.0985. The predicted molar refractivity (Wildman–Crippen MR) is 92.3 cm³/mol. The van der Waals surface area contributed by atoms with Gasteiger partial charge in [0.15, 0.2) is 5.69 Å². The van der Waals surface area contributed by atoms with Gasteiger partial charge in [0, 0.05) is 10.7 Å². The summed E-state index contributed by atoms with van der Waals surface area (Å²) < 4.78 is 13.6. The second-order valence-corrected chi connectivity index (χ2v) is 5.46. The first-order valence-electron chi connectivity index (χ1n) is 7.21. The molecule has 1 heterocycles. The molecule has 0 aliphatic carbocycles. The Kier molecular flexibility index (Phi) is 4.76. The highest BCUT2D eigenvalue weighted by atomic mass is 35.5. The van der Waals surface area contributed by atoms with Crippen LogP contribution in [0.3, 0.4) is 0 Å². The average Bonchev–Trinajstić information content (AvgIpc) is 3.07. The first-order valence-corrected chi connectivity index (χ1v) is 7.58. The van der Waals surface area contributed by atoms with E-state index in [0.29, 0.717) is 10.7 Å². The number of carbonyl (C=O) groups excluding carboxylic acids is 2. The van der Waals surface area contributed by atoms with Crippen LogP contribution in [0.5, 0.6) is 0 Å². The minimum atomic E-state index is -0.682. The van der Waals surface area contributed by atoms with Crippen LogP contribution >= 0.6 is 11.6 Å². The third kappa shape index (κ3) is 3.84. The molecule has 2 aromatic carbocycles. The number of aromatic amines is 1. The Hall–Kier alpha value is -3.19. The van der Waals surface area contributed by atoms with Gasteiger partial charge in [-0.25, -0.2) is 9.37 Å². The fourth-order valence-electron chi connectivity index (χ4n) is 2.14. The van der Waals surface area contributed by atoms with Crippen LogP contribution in [0.25, 0.3) is 0 Å². The molecule has 0 saturated carbocycles. The molecular formula is C17H12ClFN4O2. The molecule has 0 fully saturated rings. The van der Waals surface area contributed by atoms with Crippen molar-refractivity contribution in [1.82, 2.24) is 9.97 Å². The number of rotatable bonds is 4. The summed E-state index contributed by atoms with van der Waals surface area (Å²) in [6, 6.07) is 12.3. The van der Waals surface area contributed by atoms with Gasteiger partial charge in [0.1, 0.15) is 11.5 Å². The lowest BCUT2D eigenvalue weighted by Crippen LogP contribution is -2.20. The number of amides is 2. The predicted octanol–water partition coefficient (Wildman–Crippen LogP) is 3.71. The number of benzene rings is 2. The second-order valence-electron chi connectivity index (χ2n) is 5.02. The Morgan fingerprint density at radius 3 is 2.60 bits per heavy atom. The largest absolute Gasteiger partial charge is 0.340 e. The zero-order valence-electron chi connectivity index (χ0n) is 12.7. The average molecular weight is 359 g/mol. The van der Waals surface area contributed by atoms with Crippen LogP contribution in [-0.2, 0) is 0 Å². The molecule has 8 heteroatoms. The Balaban J connectivity index is 1.79. The normalized spacial score (nSPS) is 10.3. The quantitative estimate of drug-likeness (QED) is 0.664. The zero-order chi connectivity index (χ0) is 17.8. The summed E-state index contributed by atoms with van der Waals surface area (Å²) >= 11 is 5.87. The van der Waals surface area contributed by atoms with Gasteiger partial charge in [0.05, 0.1) is 12.0 Å². The number of halogens is 2. The monoisotopic (exact) mass is 358 g/mol. The molecule has 2 amide bonds.